The average Bonchev–Trinajstić information content (AvgIpc) is 2.60. The van der Waals surface area contributed by atoms with E-state index in [0.29, 0.717) is 29.8 Å². The lowest BCUT2D eigenvalue weighted by atomic mass is 9.70. The monoisotopic (exact) mass is 356 g/mol. The summed E-state index contributed by atoms with van der Waals surface area (Å²) in [7, 11) is 0. The molecule has 1 aliphatic heterocycles. The zero-order valence-electron chi connectivity index (χ0n) is 14.7. The molecule has 7 nitrogen and oxygen atoms in total. The molecule has 1 N–H and O–H groups in total. The van der Waals surface area contributed by atoms with Crippen molar-refractivity contribution in [1.29, 1.82) is 0 Å². The van der Waals surface area contributed by atoms with E-state index in [9.17, 15) is 19.7 Å². The zero-order valence-corrected chi connectivity index (χ0v) is 14.7. The Morgan fingerprint density at radius 3 is 2.77 bits per heavy atom. The molecule has 1 aromatic rings. The quantitative estimate of drug-likeness (QED) is 0.506. The normalized spacial score (nSPS) is 22.2. The Morgan fingerprint density at radius 2 is 2.08 bits per heavy atom. The van der Waals surface area contributed by atoms with Crippen LogP contribution in [0.2, 0.25) is 0 Å². The van der Waals surface area contributed by atoms with Gasteiger partial charge in [-0.25, -0.2) is 4.79 Å². The van der Waals surface area contributed by atoms with Crippen molar-refractivity contribution < 1.29 is 19.2 Å². The van der Waals surface area contributed by atoms with Gasteiger partial charge in [-0.15, -0.1) is 0 Å². The fourth-order valence-corrected chi connectivity index (χ4v) is 3.74. The van der Waals surface area contributed by atoms with Gasteiger partial charge in [-0.05, 0) is 20.3 Å². The summed E-state index contributed by atoms with van der Waals surface area (Å²) in [6, 6.07) is 6.26. The summed E-state index contributed by atoms with van der Waals surface area (Å²) in [5.74, 6) is -1.98. The van der Waals surface area contributed by atoms with Gasteiger partial charge in [0, 0.05) is 35.4 Å². The number of nitro benzene ring substituents is 1. The third kappa shape index (κ3) is 3.00. The number of rotatable bonds is 4. The lowest BCUT2D eigenvalue weighted by Gasteiger charge is -2.37. The smallest absolute Gasteiger partial charge is 0.336 e. The molecule has 0 saturated heterocycles. The summed E-state index contributed by atoms with van der Waals surface area (Å²) < 4.78 is 5.18. The molecule has 1 heterocycles. The van der Waals surface area contributed by atoms with E-state index in [2.05, 4.69) is 5.32 Å². The first-order valence-electron chi connectivity index (χ1n) is 8.56. The molecular formula is C19H20N2O5. The highest BCUT2D eigenvalue weighted by Gasteiger charge is 2.45. The van der Waals surface area contributed by atoms with Gasteiger partial charge in [-0.3, -0.25) is 14.9 Å². The third-order valence-electron chi connectivity index (χ3n) is 4.78. The van der Waals surface area contributed by atoms with Crippen molar-refractivity contribution in [2.45, 2.75) is 32.6 Å². The molecule has 0 aromatic heterocycles. The van der Waals surface area contributed by atoms with Gasteiger partial charge in [0.25, 0.3) is 5.69 Å². The number of nitrogens with zero attached hydrogens (tertiary/aromatic N) is 1. The van der Waals surface area contributed by atoms with Crippen LogP contribution < -0.4 is 5.32 Å². The minimum atomic E-state index is -0.740. The molecule has 2 aliphatic rings. The predicted molar refractivity (Wildman–Crippen MR) is 94.1 cm³/mol. The van der Waals surface area contributed by atoms with Gasteiger partial charge < -0.3 is 10.1 Å². The number of esters is 1. The van der Waals surface area contributed by atoms with Crippen LogP contribution in [0.5, 0.6) is 0 Å². The number of allylic oxidation sites excluding steroid dienone is 3. The van der Waals surface area contributed by atoms with Crippen molar-refractivity contribution >= 4 is 17.4 Å². The maximum absolute atomic E-state index is 12.7. The molecule has 2 atom stereocenters. The maximum Gasteiger partial charge on any atom is 0.336 e. The number of carbonyl (C=O) groups excluding carboxylic acids is 2. The van der Waals surface area contributed by atoms with E-state index >= 15 is 0 Å². The molecule has 0 amide bonds. The highest BCUT2D eigenvalue weighted by atomic mass is 16.6. The summed E-state index contributed by atoms with van der Waals surface area (Å²) in [5, 5.41) is 14.7. The van der Waals surface area contributed by atoms with Crippen LogP contribution in [0.4, 0.5) is 5.69 Å². The number of ketones is 1. The molecule has 1 aliphatic carbocycles. The Hall–Kier alpha value is -2.96. The van der Waals surface area contributed by atoms with Gasteiger partial charge in [-0.2, -0.15) is 0 Å². The number of ether oxygens (including phenoxy) is 1. The topological polar surface area (TPSA) is 98.5 Å². The lowest BCUT2D eigenvalue weighted by Crippen LogP contribution is -2.41. The molecule has 136 valence electrons. The first kappa shape index (κ1) is 17.8. The van der Waals surface area contributed by atoms with Gasteiger partial charge in [0.05, 0.1) is 23.0 Å². The van der Waals surface area contributed by atoms with Crippen molar-refractivity contribution in [3.05, 3.63) is 63.0 Å². The van der Waals surface area contributed by atoms with E-state index in [1.807, 2.05) is 6.08 Å². The molecule has 0 fully saturated rings. The molecular weight excluding hydrogens is 336 g/mol. The van der Waals surface area contributed by atoms with Crippen molar-refractivity contribution in [2.24, 2.45) is 5.92 Å². The third-order valence-corrected chi connectivity index (χ3v) is 4.78. The van der Waals surface area contributed by atoms with Gasteiger partial charge in [0.1, 0.15) is 5.78 Å². The van der Waals surface area contributed by atoms with Crippen LogP contribution in [0.25, 0.3) is 0 Å². The molecule has 3 rings (SSSR count). The van der Waals surface area contributed by atoms with Crippen molar-refractivity contribution in [3.8, 4) is 0 Å². The fraction of sp³-hybridized carbons (Fsp3) is 0.368. The standard InChI is InChI=1S/C19H20N2O5/c1-3-26-19(23)16-11(2)20-13-8-6-10-15(22)18(13)17(16)12-7-4-5-9-14(12)21(24)25/h4-5,7-9,17-18,20H,3,6,10H2,1-2H3. The Balaban J connectivity index is 2.24. The Bertz CT molecular complexity index is 840. The molecule has 1 aromatic carbocycles. The SMILES string of the molecule is CCOC(=O)C1=C(C)NC2=CCCC(=O)C2C1c1ccccc1[N+](=O)[O-]. The summed E-state index contributed by atoms with van der Waals surface area (Å²) in [4.78, 5) is 36.4. The maximum atomic E-state index is 12.7. The van der Waals surface area contributed by atoms with E-state index in [0.717, 1.165) is 0 Å². The summed E-state index contributed by atoms with van der Waals surface area (Å²) in [5.41, 5.74) is 1.79. The van der Waals surface area contributed by atoms with Gasteiger partial charge in [0.15, 0.2) is 0 Å². The molecule has 0 saturated carbocycles. The Kier molecular flexibility index (Phi) is 4.88. The number of para-hydroxylation sites is 1. The van der Waals surface area contributed by atoms with E-state index < -0.39 is 22.7 Å². The number of Topliss-reactive ketones (excluding diaryl/α,β-unsaturated/α-hetero) is 1. The van der Waals surface area contributed by atoms with E-state index in [4.69, 9.17) is 4.74 Å². The molecule has 0 radical (unpaired) electrons. The number of carbonyl (C=O) groups is 2. The van der Waals surface area contributed by atoms with Gasteiger partial charge in [-0.1, -0.05) is 24.3 Å². The van der Waals surface area contributed by atoms with E-state index in [1.54, 1.807) is 32.0 Å². The highest BCUT2D eigenvalue weighted by molar-refractivity contribution is 5.96. The Labute approximate surface area is 150 Å². The van der Waals surface area contributed by atoms with Crippen LogP contribution in [0, 0.1) is 16.0 Å². The molecule has 0 spiro atoms. The van der Waals surface area contributed by atoms with Crippen molar-refractivity contribution in [3.63, 3.8) is 0 Å². The van der Waals surface area contributed by atoms with Crippen LogP contribution in [0.1, 0.15) is 38.2 Å². The van der Waals surface area contributed by atoms with Crippen LogP contribution in [-0.4, -0.2) is 23.3 Å². The van der Waals surface area contributed by atoms with Gasteiger partial charge >= 0.3 is 5.97 Å². The van der Waals surface area contributed by atoms with E-state index in [-0.39, 0.29) is 23.7 Å². The molecule has 2 unspecified atom stereocenters. The van der Waals surface area contributed by atoms with E-state index in [1.165, 1.54) is 6.07 Å². The second kappa shape index (κ2) is 7.11. The zero-order chi connectivity index (χ0) is 18.8. The predicted octanol–water partition coefficient (Wildman–Crippen LogP) is 2.98. The van der Waals surface area contributed by atoms with Crippen LogP contribution >= 0.6 is 0 Å². The number of fused-ring (bicyclic) bond motifs is 1. The van der Waals surface area contributed by atoms with Gasteiger partial charge in [0.2, 0.25) is 0 Å². The average molecular weight is 356 g/mol. The molecule has 0 bridgehead atoms. The van der Waals surface area contributed by atoms with Crippen LogP contribution in [-0.2, 0) is 14.3 Å². The highest BCUT2D eigenvalue weighted by Crippen LogP contribution is 2.46. The van der Waals surface area contributed by atoms with Crippen LogP contribution in [0.3, 0.4) is 0 Å². The first-order valence-corrected chi connectivity index (χ1v) is 8.56. The van der Waals surface area contributed by atoms with Crippen molar-refractivity contribution in [2.75, 3.05) is 6.61 Å². The number of nitrogens with one attached hydrogen (secondary N) is 1. The summed E-state index contributed by atoms with van der Waals surface area (Å²) in [6.45, 7) is 3.60. The minimum absolute atomic E-state index is 0.0348. The number of nitro groups is 1. The lowest BCUT2D eigenvalue weighted by molar-refractivity contribution is -0.385. The minimum Gasteiger partial charge on any atom is -0.463 e. The number of benzene rings is 1. The summed E-state index contributed by atoms with van der Waals surface area (Å²) in [6.07, 6.45) is 2.89. The second-order valence-corrected chi connectivity index (χ2v) is 6.32. The summed E-state index contributed by atoms with van der Waals surface area (Å²) >= 11 is 0. The number of hydrogen-bond acceptors (Lipinski definition) is 6. The second-order valence-electron chi connectivity index (χ2n) is 6.32. The van der Waals surface area contributed by atoms with Crippen molar-refractivity contribution in [1.82, 2.24) is 5.32 Å². The molecule has 26 heavy (non-hydrogen) atoms. The first-order chi connectivity index (χ1) is 12.5. The largest absolute Gasteiger partial charge is 0.463 e. The number of hydrogen-bond donors (Lipinski definition) is 1. The fourth-order valence-electron chi connectivity index (χ4n) is 3.74. The van der Waals surface area contributed by atoms with Crippen LogP contribution in [0.15, 0.2) is 47.3 Å². The molecule has 7 heteroatoms. The Morgan fingerprint density at radius 1 is 1.35 bits per heavy atom.